The van der Waals surface area contributed by atoms with Crippen LogP contribution < -0.4 is 21.1 Å². The van der Waals surface area contributed by atoms with Gasteiger partial charge in [0.2, 0.25) is 11.8 Å². The summed E-state index contributed by atoms with van der Waals surface area (Å²) in [5.41, 5.74) is 4.83. The van der Waals surface area contributed by atoms with Gasteiger partial charge in [0.1, 0.15) is 12.1 Å². The molecule has 0 aliphatic rings. The van der Waals surface area contributed by atoms with Crippen LogP contribution in [0.5, 0.6) is 11.6 Å². The van der Waals surface area contributed by atoms with Crippen molar-refractivity contribution in [3.8, 4) is 11.6 Å². The Hall–Kier alpha value is -4.65. The van der Waals surface area contributed by atoms with Crippen molar-refractivity contribution in [2.24, 2.45) is 5.73 Å². The number of amides is 2. The number of aromatic nitrogens is 3. The zero-order valence-electron chi connectivity index (χ0n) is 20.0. The number of hydrogen-bond donors (Lipinski definition) is 4. The third kappa shape index (κ3) is 6.37. The number of carbonyl (C=O) groups is 2. The lowest BCUT2D eigenvalue weighted by atomic mass is 10.1. The molecule has 2 aromatic carbocycles. The van der Waals surface area contributed by atoms with E-state index in [1.54, 1.807) is 24.3 Å². The van der Waals surface area contributed by atoms with E-state index in [-0.39, 0.29) is 30.2 Å². The number of carbonyl (C=O) groups excluding carboxylic acids is 2. The van der Waals surface area contributed by atoms with E-state index in [9.17, 15) is 27.9 Å². The molecule has 4 rings (SSSR count). The summed E-state index contributed by atoms with van der Waals surface area (Å²) in [5.74, 6) is 0.0448. The molecule has 198 valence electrons. The van der Waals surface area contributed by atoms with E-state index in [1.165, 1.54) is 42.2 Å². The summed E-state index contributed by atoms with van der Waals surface area (Å²) >= 11 is 0. The SMILES string of the molecule is CC(O)CNc1ccc(NC(=O)n2ccc3cc(Oc4cc(CC(N)=O)ncn4)ccc32)cc1C(F)(F)F. The number of aliphatic hydroxyl groups excluding tert-OH is 1. The standard InChI is InChI=1S/C25H23F3N6O4/c1-14(35)12-30-20-4-2-16(9-19(20)25(26,27)28)33-24(37)34-7-6-15-8-18(3-5-21(15)34)38-23-11-17(10-22(29)36)31-13-32-23/h2-9,11,13-14,30,35H,10,12H2,1H3,(H2,29,36)(H,33,37). The fourth-order valence-corrected chi connectivity index (χ4v) is 3.64. The van der Waals surface area contributed by atoms with Crippen LogP contribution in [0.25, 0.3) is 10.9 Å². The minimum absolute atomic E-state index is 0.0535. The number of ether oxygens (including phenoxy) is 1. The van der Waals surface area contributed by atoms with Gasteiger partial charge in [0, 0.05) is 35.6 Å². The van der Waals surface area contributed by atoms with Gasteiger partial charge in [0.25, 0.3) is 0 Å². The molecular weight excluding hydrogens is 505 g/mol. The van der Waals surface area contributed by atoms with Crippen LogP contribution in [0.2, 0.25) is 0 Å². The van der Waals surface area contributed by atoms with Gasteiger partial charge in [-0.2, -0.15) is 13.2 Å². The first kappa shape index (κ1) is 26.4. The predicted molar refractivity (Wildman–Crippen MR) is 133 cm³/mol. The third-order valence-corrected chi connectivity index (χ3v) is 5.32. The number of fused-ring (bicyclic) bond motifs is 1. The van der Waals surface area contributed by atoms with Crippen molar-refractivity contribution < 1.29 is 32.6 Å². The molecule has 0 saturated carbocycles. The number of alkyl halides is 3. The third-order valence-electron chi connectivity index (χ3n) is 5.32. The van der Waals surface area contributed by atoms with Crippen molar-refractivity contribution in [3.05, 3.63) is 72.3 Å². The number of primary amides is 1. The lowest BCUT2D eigenvalue weighted by molar-refractivity contribution is -0.137. The zero-order chi connectivity index (χ0) is 27.4. The minimum Gasteiger partial charge on any atom is -0.439 e. The summed E-state index contributed by atoms with van der Waals surface area (Å²) in [6, 6.07) is 10.7. The second-order valence-corrected chi connectivity index (χ2v) is 8.42. The minimum atomic E-state index is -4.68. The molecule has 0 aliphatic carbocycles. The molecule has 5 N–H and O–H groups in total. The molecule has 0 aliphatic heterocycles. The molecule has 1 unspecified atom stereocenters. The van der Waals surface area contributed by atoms with E-state index in [1.807, 2.05) is 0 Å². The number of hydrogen-bond acceptors (Lipinski definition) is 7. The number of aliphatic hydroxyl groups is 1. The largest absolute Gasteiger partial charge is 0.439 e. The van der Waals surface area contributed by atoms with Crippen molar-refractivity contribution in [2.75, 3.05) is 17.2 Å². The maximum absolute atomic E-state index is 13.6. The van der Waals surface area contributed by atoms with Crippen LogP contribution in [-0.2, 0) is 17.4 Å². The van der Waals surface area contributed by atoms with E-state index in [0.29, 0.717) is 22.3 Å². The molecule has 0 saturated heterocycles. The van der Waals surface area contributed by atoms with Crippen LogP contribution in [0.3, 0.4) is 0 Å². The molecule has 2 heterocycles. The second-order valence-electron chi connectivity index (χ2n) is 8.42. The van der Waals surface area contributed by atoms with Gasteiger partial charge in [-0.15, -0.1) is 0 Å². The fraction of sp³-hybridized carbons (Fsp3) is 0.200. The monoisotopic (exact) mass is 528 g/mol. The van der Waals surface area contributed by atoms with Gasteiger partial charge in [0.05, 0.1) is 29.3 Å². The molecule has 2 aromatic heterocycles. The molecule has 38 heavy (non-hydrogen) atoms. The molecule has 0 fully saturated rings. The molecule has 0 radical (unpaired) electrons. The molecule has 4 aromatic rings. The highest BCUT2D eigenvalue weighted by molar-refractivity contribution is 5.99. The van der Waals surface area contributed by atoms with Gasteiger partial charge in [0.15, 0.2) is 0 Å². The van der Waals surface area contributed by atoms with Gasteiger partial charge >= 0.3 is 12.2 Å². The summed E-state index contributed by atoms with van der Waals surface area (Å²) in [5, 5.41) is 15.0. The van der Waals surface area contributed by atoms with Crippen LogP contribution >= 0.6 is 0 Å². The average molecular weight is 528 g/mol. The number of rotatable bonds is 8. The van der Waals surface area contributed by atoms with E-state index in [2.05, 4.69) is 20.6 Å². The van der Waals surface area contributed by atoms with Crippen LogP contribution in [-0.4, -0.2) is 44.2 Å². The highest BCUT2D eigenvalue weighted by Gasteiger charge is 2.34. The molecule has 10 nitrogen and oxygen atoms in total. The number of benzene rings is 2. The summed E-state index contributed by atoms with van der Waals surface area (Å²) in [6.07, 6.45) is -2.87. The second kappa shape index (κ2) is 10.8. The topological polar surface area (TPSA) is 144 Å². The number of nitrogens with one attached hydrogen (secondary N) is 2. The van der Waals surface area contributed by atoms with Crippen LogP contribution in [0, 0.1) is 0 Å². The van der Waals surface area contributed by atoms with E-state index >= 15 is 0 Å². The van der Waals surface area contributed by atoms with Crippen LogP contribution in [0.4, 0.5) is 29.3 Å². The van der Waals surface area contributed by atoms with Gasteiger partial charge < -0.3 is 26.2 Å². The van der Waals surface area contributed by atoms with Gasteiger partial charge in [-0.3, -0.25) is 9.36 Å². The highest BCUT2D eigenvalue weighted by atomic mass is 19.4. The molecule has 0 spiro atoms. The van der Waals surface area contributed by atoms with Crippen molar-refractivity contribution in [2.45, 2.75) is 25.6 Å². The first-order valence-corrected chi connectivity index (χ1v) is 11.3. The summed E-state index contributed by atoms with van der Waals surface area (Å²) in [4.78, 5) is 31.9. The van der Waals surface area contributed by atoms with E-state index in [0.717, 1.165) is 6.07 Å². The molecule has 0 bridgehead atoms. The highest BCUT2D eigenvalue weighted by Crippen LogP contribution is 2.37. The molecule has 2 amide bonds. The summed E-state index contributed by atoms with van der Waals surface area (Å²) < 4.78 is 47.7. The van der Waals surface area contributed by atoms with Gasteiger partial charge in [-0.25, -0.2) is 14.8 Å². The predicted octanol–water partition coefficient (Wildman–Crippen LogP) is 4.14. The van der Waals surface area contributed by atoms with Crippen molar-refractivity contribution in [1.82, 2.24) is 14.5 Å². The summed E-state index contributed by atoms with van der Waals surface area (Å²) in [7, 11) is 0. The Morgan fingerprint density at radius 1 is 1.13 bits per heavy atom. The molecular formula is C25H23F3N6O4. The first-order valence-electron chi connectivity index (χ1n) is 11.3. The Morgan fingerprint density at radius 2 is 1.92 bits per heavy atom. The smallest absolute Gasteiger partial charge is 0.418 e. The Kier molecular flexibility index (Phi) is 7.48. The zero-order valence-corrected chi connectivity index (χ0v) is 20.0. The Labute approximate surface area is 214 Å². The van der Waals surface area contributed by atoms with Crippen molar-refractivity contribution in [3.63, 3.8) is 0 Å². The Morgan fingerprint density at radius 3 is 2.63 bits per heavy atom. The average Bonchev–Trinajstić information content (AvgIpc) is 3.26. The fourth-order valence-electron chi connectivity index (χ4n) is 3.64. The number of anilines is 2. The van der Waals surface area contributed by atoms with Crippen molar-refractivity contribution in [1.29, 1.82) is 0 Å². The normalized spacial score (nSPS) is 12.2. The van der Waals surface area contributed by atoms with Crippen LogP contribution in [0.15, 0.2) is 61.1 Å². The maximum atomic E-state index is 13.6. The number of nitrogens with zero attached hydrogens (tertiary/aromatic N) is 3. The van der Waals surface area contributed by atoms with E-state index < -0.39 is 29.8 Å². The molecule has 1 atom stereocenters. The number of nitrogens with two attached hydrogens (primary N) is 1. The number of halogens is 3. The lowest BCUT2D eigenvalue weighted by Crippen LogP contribution is -2.20. The van der Waals surface area contributed by atoms with Gasteiger partial charge in [-0.05, 0) is 49.4 Å². The Balaban J connectivity index is 1.52. The van der Waals surface area contributed by atoms with E-state index in [4.69, 9.17) is 10.5 Å². The Bertz CT molecular complexity index is 1490. The maximum Gasteiger partial charge on any atom is 0.418 e. The summed E-state index contributed by atoms with van der Waals surface area (Å²) in [6.45, 7) is 1.38. The first-order chi connectivity index (χ1) is 18.0. The van der Waals surface area contributed by atoms with Gasteiger partial charge in [-0.1, -0.05) is 0 Å². The quantitative estimate of drug-likeness (QED) is 0.269. The van der Waals surface area contributed by atoms with Crippen molar-refractivity contribution >= 4 is 34.2 Å². The molecule has 13 heteroatoms. The van der Waals surface area contributed by atoms with Crippen LogP contribution in [0.1, 0.15) is 18.2 Å². The lowest BCUT2D eigenvalue weighted by Gasteiger charge is -2.17.